The third kappa shape index (κ3) is 3.31. The van der Waals surface area contributed by atoms with Crippen LogP contribution in [-0.4, -0.2) is 0 Å². The molecule has 0 nitrogen and oxygen atoms in total. The first-order valence-corrected chi connectivity index (χ1v) is 11.5. The van der Waals surface area contributed by atoms with Gasteiger partial charge in [0.25, 0.3) is 0 Å². The quantitative estimate of drug-likeness (QED) is 0.282. The topological polar surface area (TPSA) is 0 Å². The molecule has 0 aliphatic heterocycles. The molecule has 3 aromatic rings. The maximum atomic E-state index is 2.40. The minimum absolute atomic E-state index is 0. The first kappa shape index (κ1) is 21.5. The predicted molar refractivity (Wildman–Crippen MR) is 123 cm³/mol. The SMILES string of the molecule is Cc1c2c(c(C)c3c1CCc1c(C)c4c(c(C)c1CC3)CC4)CC2.[Fe].c1cc[cH-]c1. The van der Waals surface area contributed by atoms with Crippen molar-refractivity contribution in [1.29, 1.82) is 0 Å². The molecule has 0 N–H and O–H groups in total. The van der Waals surface area contributed by atoms with Crippen LogP contribution < -0.4 is 0 Å². The van der Waals surface area contributed by atoms with Gasteiger partial charge in [0, 0.05) is 17.1 Å². The van der Waals surface area contributed by atoms with Crippen LogP contribution in [0, 0.1) is 27.7 Å². The Morgan fingerprint density at radius 1 is 0.433 bits per heavy atom. The van der Waals surface area contributed by atoms with Crippen molar-refractivity contribution in [3.05, 3.63) is 97.1 Å². The van der Waals surface area contributed by atoms with Crippen molar-refractivity contribution in [2.45, 2.75) is 79.1 Å². The molecule has 0 atom stereocenters. The molecule has 0 fully saturated rings. The van der Waals surface area contributed by atoms with Gasteiger partial charge < -0.3 is 0 Å². The minimum atomic E-state index is 0. The van der Waals surface area contributed by atoms with Gasteiger partial charge in [-0.15, -0.1) is 0 Å². The summed E-state index contributed by atoms with van der Waals surface area (Å²) < 4.78 is 0. The van der Waals surface area contributed by atoms with Crippen LogP contribution in [0.2, 0.25) is 0 Å². The third-order valence-corrected chi connectivity index (χ3v) is 8.13. The molecule has 0 radical (unpaired) electrons. The zero-order valence-corrected chi connectivity index (χ0v) is 20.0. The van der Waals surface area contributed by atoms with E-state index >= 15 is 0 Å². The Morgan fingerprint density at radius 2 is 0.633 bits per heavy atom. The molecular weight excluding hydrogens is 404 g/mol. The van der Waals surface area contributed by atoms with Crippen LogP contribution in [0.25, 0.3) is 0 Å². The number of benzene rings is 2. The Kier molecular flexibility index (Phi) is 6.06. The van der Waals surface area contributed by atoms with E-state index in [0.29, 0.717) is 0 Å². The van der Waals surface area contributed by atoms with Gasteiger partial charge in [-0.05, 0) is 146 Å². The molecule has 0 bridgehead atoms. The fourth-order valence-corrected chi connectivity index (χ4v) is 6.21. The summed E-state index contributed by atoms with van der Waals surface area (Å²) >= 11 is 0. The zero-order valence-electron chi connectivity index (χ0n) is 18.9. The molecule has 30 heavy (non-hydrogen) atoms. The van der Waals surface area contributed by atoms with Crippen LogP contribution in [0.4, 0.5) is 0 Å². The Hall–Kier alpha value is -1.69. The molecule has 0 unspecified atom stereocenters. The average molecular weight is 437 g/mol. The number of hydrogen-bond acceptors (Lipinski definition) is 0. The van der Waals surface area contributed by atoms with E-state index in [4.69, 9.17) is 0 Å². The van der Waals surface area contributed by atoms with E-state index in [1.165, 1.54) is 51.4 Å². The van der Waals surface area contributed by atoms with Gasteiger partial charge in [0.05, 0.1) is 0 Å². The standard InChI is InChI=1S/C24H28.C5H5.Fe/c1-13-17-5-6-18(17)14(2)22-11-12-24-16(4)20-8-7-19(20)15(3)23(24)10-9-21(13)22;1-2-4-5-3-1;/h5-12H2,1-4H3;1-5H;/q;-1;. The van der Waals surface area contributed by atoms with Crippen LogP contribution in [0.15, 0.2) is 30.3 Å². The van der Waals surface area contributed by atoms with Crippen molar-refractivity contribution in [3.63, 3.8) is 0 Å². The Labute approximate surface area is 192 Å². The summed E-state index contributed by atoms with van der Waals surface area (Å²) in [7, 11) is 0. The van der Waals surface area contributed by atoms with E-state index in [1.54, 1.807) is 66.8 Å². The van der Waals surface area contributed by atoms with Crippen LogP contribution in [0.1, 0.15) is 66.8 Å². The van der Waals surface area contributed by atoms with Gasteiger partial charge >= 0.3 is 0 Å². The van der Waals surface area contributed by atoms with Gasteiger partial charge in [0.2, 0.25) is 0 Å². The van der Waals surface area contributed by atoms with Crippen molar-refractivity contribution in [3.8, 4) is 0 Å². The second kappa shape index (κ2) is 8.45. The first-order valence-electron chi connectivity index (χ1n) is 11.5. The number of fused-ring (bicyclic) bond motifs is 4. The minimum Gasteiger partial charge on any atom is -0.214 e. The van der Waals surface area contributed by atoms with E-state index in [0.717, 1.165) is 0 Å². The fraction of sp³-hybridized carbons (Fsp3) is 0.414. The molecule has 158 valence electrons. The molecule has 3 aromatic carbocycles. The van der Waals surface area contributed by atoms with Crippen LogP contribution >= 0.6 is 0 Å². The Balaban J connectivity index is 0.000000321. The largest absolute Gasteiger partial charge is 0.214 e. The van der Waals surface area contributed by atoms with E-state index < -0.39 is 0 Å². The fourth-order valence-electron chi connectivity index (χ4n) is 6.21. The van der Waals surface area contributed by atoms with Gasteiger partial charge in [-0.1, -0.05) is 0 Å². The molecule has 0 saturated heterocycles. The molecule has 3 aliphatic carbocycles. The van der Waals surface area contributed by atoms with Crippen molar-refractivity contribution in [1.82, 2.24) is 0 Å². The summed E-state index contributed by atoms with van der Waals surface area (Å²) in [6.07, 6.45) is 10.3. The van der Waals surface area contributed by atoms with Gasteiger partial charge in [-0.25, -0.2) is 12.1 Å². The Morgan fingerprint density at radius 3 is 0.767 bits per heavy atom. The molecule has 3 aliphatic rings. The van der Waals surface area contributed by atoms with Gasteiger partial charge in [-0.3, -0.25) is 0 Å². The van der Waals surface area contributed by atoms with E-state index in [-0.39, 0.29) is 17.1 Å². The summed E-state index contributed by atoms with van der Waals surface area (Å²) in [6, 6.07) is 10.0. The molecule has 0 saturated carbocycles. The summed E-state index contributed by atoms with van der Waals surface area (Å²) in [4.78, 5) is 0. The summed E-state index contributed by atoms with van der Waals surface area (Å²) in [5.41, 5.74) is 20.1. The second-order valence-electron chi connectivity index (χ2n) is 9.29. The average Bonchev–Trinajstić information content (AvgIpc) is 3.17. The third-order valence-electron chi connectivity index (χ3n) is 8.13. The van der Waals surface area contributed by atoms with Crippen LogP contribution in [0.3, 0.4) is 0 Å². The Bertz CT molecular complexity index is 916. The molecule has 0 amide bonds. The molecule has 6 rings (SSSR count). The smallest absolute Gasteiger partial charge is 0 e. The van der Waals surface area contributed by atoms with Crippen molar-refractivity contribution >= 4 is 0 Å². The molecular formula is C29H33Fe-. The van der Waals surface area contributed by atoms with Gasteiger partial charge in [0.1, 0.15) is 0 Å². The molecule has 1 heteroatoms. The number of hydrogen-bond donors (Lipinski definition) is 0. The zero-order chi connectivity index (χ0) is 20.1. The van der Waals surface area contributed by atoms with Crippen molar-refractivity contribution in [2.24, 2.45) is 0 Å². The van der Waals surface area contributed by atoms with Gasteiger partial charge in [-0.2, -0.15) is 18.2 Å². The summed E-state index contributed by atoms with van der Waals surface area (Å²) in [6.45, 7) is 9.59. The number of rotatable bonds is 0. The maximum Gasteiger partial charge on any atom is 0 e. The maximum absolute atomic E-state index is 2.40. The van der Waals surface area contributed by atoms with E-state index in [2.05, 4.69) is 27.7 Å². The van der Waals surface area contributed by atoms with Crippen LogP contribution in [0.5, 0.6) is 0 Å². The van der Waals surface area contributed by atoms with Crippen molar-refractivity contribution < 1.29 is 17.1 Å². The molecule has 0 aromatic heterocycles. The first-order chi connectivity index (χ1) is 14.1. The normalized spacial score (nSPS) is 15.3. The summed E-state index contributed by atoms with van der Waals surface area (Å²) in [5.74, 6) is 0. The predicted octanol–water partition coefficient (Wildman–Crippen LogP) is 6.40. The molecule has 0 heterocycles. The van der Waals surface area contributed by atoms with E-state index in [9.17, 15) is 0 Å². The van der Waals surface area contributed by atoms with Gasteiger partial charge in [0.15, 0.2) is 0 Å². The monoisotopic (exact) mass is 437 g/mol. The van der Waals surface area contributed by atoms with Crippen LogP contribution in [-0.2, 0) is 68.4 Å². The second-order valence-corrected chi connectivity index (χ2v) is 9.29. The van der Waals surface area contributed by atoms with Crippen molar-refractivity contribution in [2.75, 3.05) is 0 Å². The van der Waals surface area contributed by atoms with E-state index in [1.807, 2.05) is 30.3 Å². The molecule has 0 spiro atoms. The summed E-state index contributed by atoms with van der Waals surface area (Å²) in [5, 5.41) is 0.